The van der Waals surface area contributed by atoms with Gasteiger partial charge < -0.3 is 14.3 Å². The van der Waals surface area contributed by atoms with E-state index in [1.54, 1.807) is 24.2 Å². The van der Waals surface area contributed by atoms with Crippen molar-refractivity contribution >= 4 is 17.4 Å². The van der Waals surface area contributed by atoms with Crippen molar-refractivity contribution < 1.29 is 9.32 Å². The van der Waals surface area contributed by atoms with Gasteiger partial charge in [-0.15, -0.1) is 0 Å². The summed E-state index contributed by atoms with van der Waals surface area (Å²) < 4.78 is 5.20. The van der Waals surface area contributed by atoms with Gasteiger partial charge in [0, 0.05) is 39.3 Å². The third-order valence-corrected chi connectivity index (χ3v) is 3.59. The average molecular weight is 286 g/mol. The Morgan fingerprint density at radius 2 is 2.10 bits per heavy atom. The molecular weight excluding hydrogens is 268 g/mol. The van der Waals surface area contributed by atoms with E-state index in [9.17, 15) is 4.79 Å². The first-order chi connectivity index (χ1) is 10.1. The third-order valence-electron chi connectivity index (χ3n) is 3.59. The van der Waals surface area contributed by atoms with Gasteiger partial charge in [-0.1, -0.05) is 5.16 Å². The van der Waals surface area contributed by atoms with Gasteiger partial charge in [0.15, 0.2) is 5.82 Å². The van der Waals surface area contributed by atoms with Crippen molar-refractivity contribution in [3.63, 3.8) is 0 Å². The lowest BCUT2D eigenvalue weighted by molar-refractivity contribution is 0.0957. The van der Waals surface area contributed by atoms with Crippen molar-refractivity contribution in [1.82, 2.24) is 10.1 Å². The number of hydrogen-bond acceptors (Lipinski definition) is 5. The van der Waals surface area contributed by atoms with E-state index < -0.39 is 0 Å². The highest BCUT2D eigenvalue weighted by Gasteiger charge is 2.29. The van der Waals surface area contributed by atoms with Crippen LogP contribution in [0.1, 0.15) is 35.0 Å². The van der Waals surface area contributed by atoms with Crippen LogP contribution in [0.4, 0.5) is 11.5 Å². The molecular formula is C15H18N4O2. The smallest absolute Gasteiger partial charge is 0.296 e. The Kier molecular flexibility index (Phi) is 3.37. The topological polar surface area (TPSA) is 62.5 Å². The lowest BCUT2D eigenvalue weighted by Crippen LogP contribution is -2.28. The van der Waals surface area contributed by atoms with Crippen LogP contribution in [0, 0.1) is 0 Å². The lowest BCUT2D eigenvalue weighted by Gasteiger charge is -2.22. The minimum Gasteiger partial charge on any atom is -0.361 e. The molecule has 0 unspecified atom stereocenters. The SMILES string of the molecule is CN(C)c1ncccc1N(C)C(=O)c1cc(C2CC2)no1. The Morgan fingerprint density at radius 1 is 1.33 bits per heavy atom. The van der Waals surface area contributed by atoms with Gasteiger partial charge in [0.2, 0.25) is 5.76 Å². The predicted molar refractivity (Wildman–Crippen MR) is 79.8 cm³/mol. The summed E-state index contributed by atoms with van der Waals surface area (Å²) in [7, 11) is 5.50. The molecule has 21 heavy (non-hydrogen) atoms. The zero-order chi connectivity index (χ0) is 15.0. The molecule has 110 valence electrons. The fraction of sp³-hybridized carbons (Fsp3) is 0.400. The van der Waals surface area contributed by atoms with Crippen molar-refractivity contribution in [2.24, 2.45) is 0 Å². The second-order valence-electron chi connectivity index (χ2n) is 5.50. The zero-order valence-electron chi connectivity index (χ0n) is 12.4. The van der Waals surface area contributed by atoms with E-state index in [1.165, 1.54) is 0 Å². The van der Waals surface area contributed by atoms with Crippen LogP contribution in [0.5, 0.6) is 0 Å². The number of nitrogens with zero attached hydrogens (tertiary/aromatic N) is 4. The number of pyridine rings is 1. The van der Waals surface area contributed by atoms with E-state index in [2.05, 4.69) is 10.1 Å². The minimum absolute atomic E-state index is 0.217. The van der Waals surface area contributed by atoms with Crippen LogP contribution in [-0.4, -0.2) is 37.2 Å². The van der Waals surface area contributed by atoms with Crippen molar-refractivity contribution in [2.45, 2.75) is 18.8 Å². The maximum Gasteiger partial charge on any atom is 0.296 e. The molecule has 2 aromatic heterocycles. The predicted octanol–water partition coefficient (Wildman–Crippen LogP) is 2.29. The first-order valence-electron chi connectivity index (χ1n) is 6.95. The second-order valence-corrected chi connectivity index (χ2v) is 5.50. The molecule has 6 nitrogen and oxygen atoms in total. The van der Waals surface area contributed by atoms with Crippen LogP contribution >= 0.6 is 0 Å². The van der Waals surface area contributed by atoms with Gasteiger partial charge in [0.05, 0.1) is 11.4 Å². The molecule has 1 fully saturated rings. The standard InChI is InChI=1S/C15H18N4O2/c1-18(2)14-12(5-4-8-16-14)19(3)15(20)13-9-11(17-21-13)10-6-7-10/h4-5,8-10H,6-7H2,1-3H3. The molecule has 6 heteroatoms. The fourth-order valence-electron chi connectivity index (χ4n) is 2.23. The Hall–Kier alpha value is -2.37. The van der Waals surface area contributed by atoms with Crippen LogP contribution in [0.15, 0.2) is 28.9 Å². The Morgan fingerprint density at radius 3 is 2.76 bits per heavy atom. The number of carbonyl (C=O) groups is 1. The number of amides is 1. The minimum atomic E-state index is -0.217. The molecule has 0 atom stereocenters. The molecule has 1 aliphatic rings. The molecule has 0 bridgehead atoms. The number of aromatic nitrogens is 2. The van der Waals surface area contributed by atoms with Crippen molar-refractivity contribution in [2.75, 3.05) is 30.9 Å². The van der Waals surface area contributed by atoms with Gasteiger partial charge in [-0.2, -0.15) is 0 Å². The highest BCUT2D eigenvalue weighted by Crippen LogP contribution is 2.39. The molecule has 0 aromatic carbocycles. The monoisotopic (exact) mass is 286 g/mol. The summed E-state index contributed by atoms with van der Waals surface area (Å²) in [6.07, 6.45) is 3.96. The highest BCUT2D eigenvalue weighted by molar-refractivity contribution is 6.05. The zero-order valence-corrected chi connectivity index (χ0v) is 12.4. The molecule has 1 amide bonds. The summed E-state index contributed by atoms with van der Waals surface area (Å²) in [6, 6.07) is 5.42. The number of anilines is 2. The largest absolute Gasteiger partial charge is 0.361 e. The number of rotatable bonds is 4. The molecule has 3 rings (SSSR count). The van der Waals surface area contributed by atoms with Gasteiger partial charge in [-0.3, -0.25) is 4.79 Å². The number of hydrogen-bond donors (Lipinski definition) is 0. The summed E-state index contributed by atoms with van der Waals surface area (Å²) in [6.45, 7) is 0. The van der Waals surface area contributed by atoms with E-state index in [0.29, 0.717) is 5.92 Å². The lowest BCUT2D eigenvalue weighted by atomic mass is 10.2. The van der Waals surface area contributed by atoms with Crippen LogP contribution in [0.2, 0.25) is 0 Å². The van der Waals surface area contributed by atoms with Crippen LogP contribution in [0.3, 0.4) is 0 Å². The molecule has 1 aliphatic carbocycles. The van der Waals surface area contributed by atoms with Crippen LogP contribution in [-0.2, 0) is 0 Å². The van der Waals surface area contributed by atoms with E-state index in [4.69, 9.17) is 4.52 Å². The van der Waals surface area contributed by atoms with Gasteiger partial charge in [-0.05, 0) is 25.0 Å². The summed E-state index contributed by atoms with van der Waals surface area (Å²) in [5.41, 5.74) is 1.61. The molecule has 0 spiro atoms. The highest BCUT2D eigenvalue weighted by atomic mass is 16.5. The van der Waals surface area contributed by atoms with Crippen molar-refractivity contribution in [1.29, 1.82) is 0 Å². The molecule has 1 saturated carbocycles. The summed E-state index contributed by atoms with van der Waals surface area (Å²) in [4.78, 5) is 20.2. The molecule has 0 N–H and O–H groups in total. The fourth-order valence-corrected chi connectivity index (χ4v) is 2.23. The first kappa shape index (κ1) is 13.6. The molecule has 2 heterocycles. The van der Waals surface area contributed by atoms with Gasteiger partial charge in [0.1, 0.15) is 0 Å². The van der Waals surface area contributed by atoms with Gasteiger partial charge in [-0.25, -0.2) is 4.98 Å². The quantitative estimate of drug-likeness (QED) is 0.863. The van der Waals surface area contributed by atoms with E-state index in [1.807, 2.05) is 31.1 Å². The summed E-state index contributed by atoms with van der Waals surface area (Å²) in [5, 5.41) is 3.98. The van der Waals surface area contributed by atoms with Crippen LogP contribution in [0.25, 0.3) is 0 Å². The Bertz CT molecular complexity index is 661. The molecule has 0 saturated heterocycles. The summed E-state index contributed by atoms with van der Waals surface area (Å²) in [5.74, 6) is 1.25. The van der Waals surface area contributed by atoms with E-state index >= 15 is 0 Å². The van der Waals surface area contributed by atoms with Gasteiger partial charge in [0.25, 0.3) is 5.91 Å². The Balaban J connectivity index is 1.86. The number of carbonyl (C=O) groups excluding carboxylic acids is 1. The normalized spacial score (nSPS) is 14.0. The molecule has 0 aliphatic heterocycles. The maximum absolute atomic E-state index is 12.5. The first-order valence-corrected chi connectivity index (χ1v) is 6.95. The van der Waals surface area contributed by atoms with E-state index in [-0.39, 0.29) is 11.7 Å². The Labute approximate surface area is 123 Å². The molecule has 2 aromatic rings. The second kappa shape index (κ2) is 5.20. The summed E-state index contributed by atoms with van der Waals surface area (Å²) >= 11 is 0. The van der Waals surface area contributed by atoms with Gasteiger partial charge >= 0.3 is 0 Å². The van der Waals surface area contributed by atoms with Crippen LogP contribution < -0.4 is 9.80 Å². The molecule has 0 radical (unpaired) electrons. The van der Waals surface area contributed by atoms with Crippen molar-refractivity contribution in [3.8, 4) is 0 Å². The van der Waals surface area contributed by atoms with E-state index in [0.717, 1.165) is 30.0 Å². The maximum atomic E-state index is 12.5. The third kappa shape index (κ3) is 2.61. The van der Waals surface area contributed by atoms with Crippen molar-refractivity contribution in [3.05, 3.63) is 35.9 Å². The average Bonchev–Trinajstić information content (AvgIpc) is 3.23.